The van der Waals surface area contributed by atoms with Gasteiger partial charge in [0.2, 0.25) is 0 Å². The summed E-state index contributed by atoms with van der Waals surface area (Å²) in [4.78, 5) is 4.79. The molecule has 1 aromatic heterocycles. The zero-order valence-corrected chi connectivity index (χ0v) is 21.5. The molecule has 0 aliphatic heterocycles. The average Bonchev–Trinajstić information content (AvgIpc) is 3.80. The SMILES string of the molecule is O=S(=O)(c1ccccc1)N(Cc1ccc(C(F)(F)C2CC2)c(Cl)c1)c1ncc2ccccc2c1C1CC1. The van der Waals surface area contributed by atoms with Gasteiger partial charge in [0.1, 0.15) is 5.82 Å². The molecule has 0 saturated heterocycles. The molecule has 0 spiro atoms. The maximum absolute atomic E-state index is 14.8. The molecule has 3 aromatic carbocycles. The zero-order valence-electron chi connectivity index (χ0n) is 19.9. The van der Waals surface area contributed by atoms with Crippen LogP contribution in [0.3, 0.4) is 0 Å². The van der Waals surface area contributed by atoms with Crippen LogP contribution < -0.4 is 4.31 Å². The van der Waals surface area contributed by atoms with E-state index in [4.69, 9.17) is 11.6 Å². The minimum Gasteiger partial charge on any atom is -0.245 e. The van der Waals surface area contributed by atoms with Crippen molar-refractivity contribution in [3.05, 3.63) is 101 Å². The summed E-state index contributed by atoms with van der Waals surface area (Å²) in [5.41, 5.74) is 1.21. The number of pyridine rings is 1. The third-order valence-corrected chi connectivity index (χ3v) is 9.24. The molecule has 8 heteroatoms. The van der Waals surface area contributed by atoms with E-state index in [0.29, 0.717) is 24.2 Å². The summed E-state index contributed by atoms with van der Waals surface area (Å²) in [5.74, 6) is -3.10. The first-order chi connectivity index (χ1) is 17.8. The molecular formula is C29H25ClF2N2O2S. The fourth-order valence-corrected chi connectivity index (χ4v) is 6.68. The Hall–Kier alpha value is -3.03. The first-order valence-corrected chi connectivity index (χ1v) is 14.2. The Morgan fingerprint density at radius 2 is 1.65 bits per heavy atom. The van der Waals surface area contributed by atoms with Gasteiger partial charge in [-0.05, 0) is 60.7 Å². The van der Waals surface area contributed by atoms with E-state index in [0.717, 1.165) is 29.2 Å². The van der Waals surface area contributed by atoms with Gasteiger partial charge < -0.3 is 0 Å². The number of nitrogens with zero attached hydrogens (tertiary/aromatic N) is 2. The van der Waals surface area contributed by atoms with E-state index in [1.54, 1.807) is 42.6 Å². The van der Waals surface area contributed by atoms with Crippen LogP contribution in [-0.4, -0.2) is 13.4 Å². The van der Waals surface area contributed by atoms with Crippen molar-refractivity contribution < 1.29 is 17.2 Å². The van der Waals surface area contributed by atoms with Crippen LogP contribution in [-0.2, 0) is 22.5 Å². The summed E-state index contributed by atoms with van der Waals surface area (Å²) in [5, 5.41) is 1.86. The van der Waals surface area contributed by atoms with Crippen molar-refractivity contribution in [2.24, 2.45) is 5.92 Å². The molecule has 2 fully saturated rings. The Balaban J connectivity index is 1.48. The Morgan fingerprint density at radius 3 is 2.32 bits per heavy atom. The standard InChI is InChI=1S/C29H25ClF2N2O2S/c30-26-16-19(10-15-25(26)29(31,32)22-13-14-22)18-34(37(35,36)23-7-2-1-3-8-23)28-27(20-11-12-20)24-9-5-4-6-21(24)17-33-28/h1-10,15-17,20,22H,11-14,18H2. The Kier molecular flexibility index (Phi) is 5.96. The van der Waals surface area contributed by atoms with Gasteiger partial charge in [0.05, 0.1) is 16.5 Å². The predicted molar refractivity (Wildman–Crippen MR) is 142 cm³/mol. The van der Waals surface area contributed by atoms with Gasteiger partial charge in [-0.25, -0.2) is 26.5 Å². The average molecular weight is 539 g/mol. The van der Waals surface area contributed by atoms with Crippen molar-refractivity contribution in [3.8, 4) is 0 Å². The van der Waals surface area contributed by atoms with E-state index < -0.39 is 21.9 Å². The summed E-state index contributed by atoms with van der Waals surface area (Å²) < 4.78 is 58.9. The molecule has 6 rings (SSSR count). The maximum atomic E-state index is 14.8. The molecular weight excluding hydrogens is 514 g/mol. The molecule has 2 aliphatic rings. The Morgan fingerprint density at radius 1 is 0.946 bits per heavy atom. The number of halogens is 3. The third kappa shape index (κ3) is 4.48. The van der Waals surface area contributed by atoms with Crippen LogP contribution in [0.4, 0.5) is 14.6 Å². The summed E-state index contributed by atoms with van der Waals surface area (Å²) >= 11 is 6.35. The van der Waals surface area contributed by atoms with Gasteiger partial charge in [0.25, 0.3) is 15.9 Å². The van der Waals surface area contributed by atoms with Crippen LogP contribution in [0.25, 0.3) is 10.8 Å². The molecule has 0 bridgehead atoms. The minimum atomic E-state index is -4.02. The van der Waals surface area contributed by atoms with Crippen molar-refractivity contribution in [3.63, 3.8) is 0 Å². The van der Waals surface area contributed by atoms with E-state index in [2.05, 4.69) is 4.98 Å². The van der Waals surface area contributed by atoms with Gasteiger partial charge in [-0.3, -0.25) is 0 Å². The van der Waals surface area contributed by atoms with Crippen molar-refractivity contribution >= 4 is 38.2 Å². The highest BCUT2D eigenvalue weighted by molar-refractivity contribution is 7.92. The van der Waals surface area contributed by atoms with Crippen LogP contribution in [0, 0.1) is 5.92 Å². The summed E-state index contributed by atoms with van der Waals surface area (Å²) in [7, 11) is -4.02. The molecule has 0 unspecified atom stereocenters. The Labute approximate surface area is 220 Å². The lowest BCUT2D eigenvalue weighted by molar-refractivity contribution is -0.0284. The van der Waals surface area contributed by atoms with Gasteiger partial charge in [0, 0.05) is 28.6 Å². The highest BCUT2D eigenvalue weighted by Gasteiger charge is 2.49. The maximum Gasteiger partial charge on any atom is 0.277 e. The van der Waals surface area contributed by atoms with E-state index >= 15 is 0 Å². The molecule has 2 saturated carbocycles. The topological polar surface area (TPSA) is 50.3 Å². The molecule has 2 aliphatic carbocycles. The van der Waals surface area contributed by atoms with Crippen LogP contribution in [0.15, 0.2) is 83.9 Å². The number of fused-ring (bicyclic) bond motifs is 1. The number of hydrogen-bond donors (Lipinski definition) is 0. The van der Waals surface area contributed by atoms with Gasteiger partial charge >= 0.3 is 0 Å². The number of hydrogen-bond acceptors (Lipinski definition) is 3. The smallest absolute Gasteiger partial charge is 0.245 e. The fourth-order valence-electron chi connectivity index (χ4n) is 4.90. The lowest BCUT2D eigenvalue weighted by Gasteiger charge is -2.27. The van der Waals surface area contributed by atoms with E-state index in [1.165, 1.54) is 16.4 Å². The normalized spacial score (nSPS) is 16.2. The fraction of sp³-hybridized carbons (Fsp3) is 0.276. The number of sulfonamides is 1. The van der Waals surface area contributed by atoms with E-state index in [1.807, 2.05) is 24.3 Å². The lowest BCUT2D eigenvalue weighted by Crippen LogP contribution is -2.32. The van der Waals surface area contributed by atoms with Crippen LogP contribution in [0.1, 0.15) is 48.3 Å². The summed E-state index contributed by atoms with van der Waals surface area (Å²) in [6.45, 7) is -0.0860. The number of anilines is 1. The van der Waals surface area contributed by atoms with Gasteiger partial charge in [0.15, 0.2) is 0 Å². The first kappa shape index (κ1) is 24.3. The monoisotopic (exact) mass is 538 g/mol. The second-order valence-electron chi connectivity index (χ2n) is 9.89. The highest BCUT2D eigenvalue weighted by Crippen LogP contribution is 2.51. The van der Waals surface area contributed by atoms with Crippen LogP contribution in [0.5, 0.6) is 0 Å². The molecule has 1 heterocycles. The van der Waals surface area contributed by atoms with Gasteiger partial charge in [-0.1, -0.05) is 66.2 Å². The Bertz CT molecular complexity index is 1590. The zero-order chi connectivity index (χ0) is 25.8. The summed E-state index contributed by atoms with van der Waals surface area (Å²) in [6.07, 6.45) is 4.56. The van der Waals surface area contributed by atoms with Crippen molar-refractivity contribution in [1.82, 2.24) is 4.98 Å². The lowest BCUT2D eigenvalue weighted by atomic mass is 10.0. The number of alkyl halides is 2. The van der Waals surface area contributed by atoms with E-state index in [-0.39, 0.29) is 27.9 Å². The highest BCUT2D eigenvalue weighted by atomic mass is 35.5. The summed E-state index contributed by atoms with van der Waals surface area (Å²) in [6, 6.07) is 20.4. The van der Waals surface area contributed by atoms with Crippen molar-refractivity contribution in [1.29, 1.82) is 0 Å². The van der Waals surface area contributed by atoms with Gasteiger partial charge in [-0.15, -0.1) is 0 Å². The van der Waals surface area contributed by atoms with Crippen LogP contribution >= 0.6 is 11.6 Å². The van der Waals surface area contributed by atoms with Crippen molar-refractivity contribution in [2.75, 3.05) is 4.31 Å². The quantitative estimate of drug-likeness (QED) is 0.231. The molecule has 0 radical (unpaired) electrons. The van der Waals surface area contributed by atoms with E-state index in [9.17, 15) is 17.2 Å². The van der Waals surface area contributed by atoms with Crippen molar-refractivity contribution in [2.45, 2.75) is 49.0 Å². The minimum absolute atomic E-state index is 0.0552. The molecule has 0 atom stereocenters. The molecule has 4 nitrogen and oxygen atoms in total. The van der Waals surface area contributed by atoms with Gasteiger partial charge in [-0.2, -0.15) is 0 Å². The molecule has 0 amide bonds. The number of rotatable bonds is 8. The largest absolute Gasteiger partial charge is 0.277 e. The number of benzene rings is 3. The molecule has 4 aromatic rings. The first-order valence-electron chi connectivity index (χ1n) is 12.4. The third-order valence-electron chi connectivity index (χ3n) is 7.18. The molecule has 37 heavy (non-hydrogen) atoms. The molecule has 190 valence electrons. The van der Waals surface area contributed by atoms with Crippen LogP contribution in [0.2, 0.25) is 5.02 Å². The molecule has 0 N–H and O–H groups in total. The second-order valence-corrected chi connectivity index (χ2v) is 12.2. The second kappa shape index (κ2) is 9.07. The number of aromatic nitrogens is 1. The predicted octanol–water partition coefficient (Wildman–Crippen LogP) is 7.66.